The van der Waals surface area contributed by atoms with E-state index in [1.165, 1.54) is 5.56 Å². The molecule has 0 aliphatic carbocycles. The fourth-order valence-electron chi connectivity index (χ4n) is 3.56. The lowest BCUT2D eigenvalue weighted by molar-refractivity contribution is -0.130. The summed E-state index contributed by atoms with van der Waals surface area (Å²) in [7, 11) is 0. The van der Waals surface area contributed by atoms with Gasteiger partial charge in [0, 0.05) is 22.4 Å². The molecular formula is C26H36F2N2O2S. The number of amides is 1. The highest BCUT2D eigenvalue weighted by Crippen LogP contribution is 2.25. The second kappa shape index (κ2) is 12.9. The average Bonchev–Trinajstić information content (AvgIpc) is 2.73. The highest BCUT2D eigenvalue weighted by molar-refractivity contribution is 7.80. The summed E-state index contributed by atoms with van der Waals surface area (Å²) in [6.45, 7) is 10.8. The van der Waals surface area contributed by atoms with Gasteiger partial charge >= 0.3 is 0 Å². The Hall–Kier alpha value is -2.12. The maximum absolute atomic E-state index is 12.5. The van der Waals surface area contributed by atoms with Gasteiger partial charge in [0.1, 0.15) is 17.4 Å². The molecule has 1 aliphatic heterocycles. The van der Waals surface area contributed by atoms with Crippen LogP contribution in [0.3, 0.4) is 0 Å². The smallest absolute Gasteiger partial charge is 0.225 e. The van der Waals surface area contributed by atoms with Crippen LogP contribution in [0.25, 0.3) is 0 Å². The van der Waals surface area contributed by atoms with Gasteiger partial charge in [0.15, 0.2) is 0 Å². The Kier molecular flexibility index (Phi) is 10.6. The molecule has 2 aromatic rings. The Morgan fingerprint density at radius 2 is 1.76 bits per heavy atom. The summed E-state index contributed by atoms with van der Waals surface area (Å²) in [5.74, 6) is -0.0758. The van der Waals surface area contributed by atoms with E-state index in [9.17, 15) is 13.6 Å². The van der Waals surface area contributed by atoms with E-state index in [2.05, 4.69) is 55.3 Å². The first-order chi connectivity index (χ1) is 15.6. The first kappa shape index (κ1) is 27.1. The third-order valence-electron chi connectivity index (χ3n) is 5.68. The number of benzene rings is 2. The molecule has 1 aliphatic rings. The van der Waals surface area contributed by atoms with E-state index < -0.39 is 11.6 Å². The summed E-state index contributed by atoms with van der Waals surface area (Å²) in [5.41, 5.74) is 2.01. The first-order valence-corrected chi connectivity index (χ1v) is 11.9. The number of hydrogen-bond donors (Lipinski definition) is 3. The van der Waals surface area contributed by atoms with Crippen LogP contribution in [0.1, 0.15) is 50.7 Å². The minimum Gasteiger partial charge on any atom is -0.493 e. The predicted octanol–water partition coefficient (Wildman–Crippen LogP) is 5.61. The lowest BCUT2D eigenvalue weighted by Gasteiger charge is -2.29. The second-order valence-corrected chi connectivity index (χ2v) is 9.75. The molecule has 0 radical (unpaired) electrons. The van der Waals surface area contributed by atoms with Crippen LogP contribution >= 0.6 is 12.6 Å². The molecule has 0 saturated carbocycles. The van der Waals surface area contributed by atoms with Crippen molar-refractivity contribution in [3.8, 4) is 5.75 Å². The number of thiol groups is 1. The summed E-state index contributed by atoms with van der Waals surface area (Å²) in [6, 6.07) is 9.67. The van der Waals surface area contributed by atoms with Gasteiger partial charge < -0.3 is 15.4 Å². The van der Waals surface area contributed by atoms with Crippen LogP contribution in [0.15, 0.2) is 41.3 Å². The highest BCUT2D eigenvalue weighted by Gasteiger charge is 2.29. The molecule has 0 spiro atoms. The van der Waals surface area contributed by atoms with E-state index in [0.29, 0.717) is 17.5 Å². The van der Waals surface area contributed by atoms with E-state index in [0.717, 1.165) is 68.3 Å². The summed E-state index contributed by atoms with van der Waals surface area (Å²) in [6.07, 6.45) is 3.75. The van der Waals surface area contributed by atoms with Crippen LogP contribution in [0.4, 0.5) is 8.78 Å². The molecule has 1 heterocycles. The van der Waals surface area contributed by atoms with Gasteiger partial charge in [-0.2, -0.15) is 0 Å². The van der Waals surface area contributed by atoms with Crippen molar-refractivity contribution < 1.29 is 18.3 Å². The molecule has 4 nitrogen and oxygen atoms in total. The third kappa shape index (κ3) is 9.72. The lowest BCUT2D eigenvalue weighted by Crippen LogP contribution is -2.47. The van der Waals surface area contributed by atoms with Crippen molar-refractivity contribution >= 4 is 18.5 Å². The van der Waals surface area contributed by atoms with E-state index in [1.54, 1.807) is 0 Å². The molecule has 2 N–H and O–H groups in total. The maximum atomic E-state index is 12.5. The van der Waals surface area contributed by atoms with Gasteiger partial charge in [-0.15, -0.1) is 12.6 Å². The van der Waals surface area contributed by atoms with Crippen LogP contribution in [0.2, 0.25) is 0 Å². The number of hydrogen-bond acceptors (Lipinski definition) is 4. The topological polar surface area (TPSA) is 50.4 Å². The Morgan fingerprint density at radius 3 is 2.36 bits per heavy atom. The van der Waals surface area contributed by atoms with Crippen molar-refractivity contribution in [3.05, 3.63) is 59.2 Å². The molecule has 0 unspecified atom stereocenters. The number of aryl methyl sites for hydroxylation is 2. The minimum absolute atomic E-state index is 0.168. The van der Waals surface area contributed by atoms with Crippen LogP contribution in [-0.2, 0) is 4.79 Å². The zero-order valence-corrected chi connectivity index (χ0v) is 20.9. The summed E-state index contributed by atoms with van der Waals surface area (Å²) >= 11 is 3.74. The molecule has 1 fully saturated rings. The molecular weight excluding hydrogens is 442 g/mol. The summed E-state index contributed by atoms with van der Waals surface area (Å²) in [4.78, 5) is 12.8. The monoisotopic (exact) mass is 478 g/mol. The SMILES string of the molecule is Cc1ccc(C)c(OCCCC(C)(C)C(=O)NC2CCNCC2)c1.Fc1cc(F)cc(S)c1. The fraction of sp³-hybridized carbons (Fsp3) is 0.500. The van der Waals surface area contributed by atoms with E-state index in [-0.39, 0.29) is 11.3 Å². The Morgan fingerprint density at radius 1 is 1.12 bits per heavy atom. The van der Waals surface area contributed by atoms with Crippen LogP contribution < -0.4 is 15.4 Å². The van der Waals surface area contributed by atoms with Gasteiger partial charge in [-0.05, 0) is 81.9 Å². The Balaban J connectivity index is 0.000000357. The van der Waals surface area contributed by atoms with Gasteiger partial charge in [-0.3, -0.25) is 4.79 Å². The summed E-state index contributed by atoms with van der Waals surface area (Å²) < 4.78 is 30.2. The molecule has 182 valence electrons. The molecule has 0 aromatic heterocycles. The second-order valence-electron chi connectivity index (χ2n) is 9.23. The van der Waals surface area contributed by atoms with Crippen LogP contribution in [0, 0.1) is 30.9 Å². The molecule has 2 aromatic carbocycles. The number of ether oxygens (including phenoxy) is 1. The Bertz CT molecular complexity index is 865. The van der Waals surface area contributed by atoms with Crippen molar-refractivity contribution in [3.63, 3.8) is 0 Å². The van der Waals surface area contributed by atoms with Crippen molar-refractivity contribution in [1.29, 1.82) is 0 Å². The van der Waals surface area contributed by atoms with E-state index >= 15 is 0 Å². The molecule has 0 atom stereocenters. The Labute approximate surface area is 201 Å². The molecule has 0 bridgehead atoms. The third-order valence-corrected chi connectivity index (χ3v) is 5.94. The first-order valence-electron chi connectivity index (χ1n) is 11.4. The molecule has 1 amide bonds. The number of carbonyl (C=O) groups is 1. The van der Waals surface area contributed by atoms with Crippen LogP contribution in [0.5, 0.6) is 5.75 Å². The zero-order chi connectivity index (χ0) is 24.4. The normalized spacial score (nSPS) is 14.3. The average molecular weight is 479 g/mol. The molecule has 7 heteroatoms. The number of rotatable bonds is 7. The summed E-state index contributed by atoms with van der Waals surface area (Å²) in [5, 5.41) is 6.54. The minimum atomic E-state index is -0.597. The predicted molar refractivity (Wildman–Crippen MR) is 132 cm³/mol. The number of piperidine rings is 1. The largest absolute Gasteiger partial charge is 0.493 e. The van der Waals surface area contributed by atoms with E-state index in [1.807, 2.05) is 13.8 Å². The highest BCUT2D eigenvalue weighted by atomic mass is 32.1. The van der Waals surface area contributed by atoms with E-state index in [4.69, 9.17) is 4.74 Å². The van der Waals surface area contributed by atoms with Crippen molar-refractivity contribution in [2.24, 2.45) is 5.41 Å². The van der Waals surface area contributed by atoms with Gasteiger partial charge in [0.05, 0.1) is 6.61 Å². The van der Waals surface area contributed by atoms with Crippen molar-refractivity contribution in [1.82, 2.24) is 10.6 Å². The van der Waals surface area contributed by atoms with Gasteiger partial charge in [0.2, 0.25) is 5.91 Å². The molecule has 33 heavy (non-hydrogen) atoms. The number of halogens is 2. The van der Waals surface area contributed by atoms with Gasteiger partial charge in [-0.25, -0.2) is 8.78 Å². The molecule has 1 saturated heterocycles. The van der Waals surface area contributed by atoms with Gasteiger partial charge in [0.25, 0.3) is 0 Å². The van der Waals surface area contributed by atoms with Crippen molar-refractivity contribution in [2.75, 3.05) is 19.7 Å². The standard InChI is InChI=1S/C20H32N2O2.C6H4F2S/c1-15-6-7-16(2)18(14-15)24-13-5-10-20(3,4)19(23)22-17-8-11-21-12-9-17;7-4-1-5(8)3-6(9)2-4/h6-7,14,17,21H,5,8-13H2,1-4H3,(H,22,23);1-3,9H. The fourth-order valence-corrected chi connectivity index (χ4v) is 3.81. The lowest BCUT2D eigenvalue weighted by atomic mass is 9.86. The number of nitrogens with one attached hydrogen (secondary N) is 2. The van der Waals surface area contributed by atoms with Crippen LogP contribution in [-0.4, -0.2) is 31.6 Å². The molecule has 3 rings (SSSR count). The quantitative estimate of drug-likeness (QED) is 0.358. The zero-order valence-electron chi connectivity index (χ0n) is 20.0. The van der Waals surface area contributed by atoms with Gasteiger partial charge in [-0.1, -0.05) is 26.0 Å². The van der Waals surface area contributed by atoms with Crippen molar-refractivity contribution in [2.45, 2.75) is 64.3 Å². The number of carbonyl (C=O) groups excluding carboxylic acids is 1. The maximum Gasteiger partial charge on any atom is 0.225 e.